The zero-order valence-electron chi connectivity index (χ0n) is 5.98. The maximum atomic E-state index is 2.33. The van der Waals surface area contributed by atoms with Gasteiger partial charge in [-0.1, -0.05) is 0 Å². The van der Waals surface area contributed by atoms with Crippen molar-refractivity contribution in [2.75, 3.05) is 0 Å². The minimum Gasteiger partial charge on any atom is -0.147 e. The second-order valence-electron chi connectivity index (χ2n) is 1.62. The molecule has 0 heterocycles. The van der Waals surface area contributed by atoms with E-state index in [0.29, 0.717) is 0 Å². The molecular weight excluding hydrogens is 182 g/mol. The Balaban J connectivity index is 0. The van der Waals surface area contributed by atoms with Crippen molar-refractivity contribution in [3.8, 4) is 0 Å². The molecular formula is C6H16AsCl. The Labute approximate surface area is 63.7 Å². The summed E-state index contributed by atoms with van der Waals surface area (Å²) in [7, 11) is 0. The molecule has 0 fully saturated rings. The third kappa shape index (κ3) is 4.99. The summed E-state index contributed by atoms with van der Waals surface area (Å²) in [5.74, 6) is 0. The zero-order chi connectivity index (χ0) is 5.70. The van der Waals surface area contributed by atoms with E-state index in [2.05, 4.69) is 20.8 Å². The minimum atomic E-state index is -0.229. The molecule has 52 valence electrons. The van der Waals surface area contributed by atoms with Gasteiger partial charge in [0.15, 0.2) is 0 Å². The maximum Gasteiger partial charge on any atom is -0.147 e. The van der Waals surface area contributed by atoms with Crippen molar-refractivity contribution in [1.29, 1.82) is 0 Å². The maximum absolute atomic E-state index is 2.33. The normalized spacial score (nSPS) is 9.00. The van der Waals surface area contributed by atoms with E-state index in [4.69, 9.17) is 0 Å². The predicted molar refractivity (Wildman–Crippen MR) is 44.4 cm³/mol. The molecule has 0 atom stereocenters. The van der Waals surface area contributed by atoms with E-state index in [-0.39, 0.29) is 27.1 Å². The molecule has 0 aliphatic heterocycles. The van der Waals surface area contributed by atoms with Crippen LogP contribution in [0, 0.1) is 0 Å². The summed E-state index contributed by atoms with van der Waals surface area (Å²) < 4.78 is 0. The molecule has 0 bridgehead atoms. The third-order valence-corrected chi connectivity index (χ3v) is 6.97. The average Bonchev–Trinajstić information content (AvgIpc) is 1.72. The third-order valence-electron chi connectivity index (χ3n) is 1.34. The molecule has 0 aliphatic rings. The van der Waals surface area contributed by atoms with Crippen LogP contribution in [0.2, 0.25) is 15.6 Å². The van der Waals surface area contributed by atoms with Gasteiger partial charge in [-0.05, 0) is 0 Å². The summed E-state index contributed by atoms with van der Waals surface area (Å²) >= 11 is -0.229. The topological polar surface area (TPSA) is 0 Å². The van der Waals surface area contributed by atoms with Gasteiger partial charge in [-0.3, -0.25) is 0 Å². The van der Waals surface area contributed by atoms with Gasteiger partial charge in [0.1, 0.15) is 0 Å². The van der Waals surface area contributed by atoms with E-state index in [1.807, 2.05) is 0 Å². The smallest absolute Gasteiger partial charge is 0.147 e. The molecule has 0 unspecified atom stereocenters. The van der Waals surface area contributed by atoms with Gasteiger partial charge in [0.05, 0.1) is 0 Å². The zero-order valence-corrected chi connectivity index (χ0v) is 8.67. The molecule has 0 rings (SSSR count). The van der Waals surface area contributed by atoms with Crippen molar-refractivity contribution in [2.24, 2.45) is 0 Å². The van der Waals surface area contributed by atoms with Crippen LogP contribution < -0.4 is 0 Å². The fourth-order valence-electron chi connectivity index (χ4n) is 0.671. The molecule has 0 aliphatic carbocycles. The molecule has 0 saturated carbocycles. The summed E-state index contributed by atoms with van der Waals surface area (Å²) in [4.78, 5) is 0. The molecule has 8 heavy (non-hydrogen) atoms. The van der Waals surface area contributed by atoms with Crippen LogP contribution in [0.15, 0.2) is 0 Å². The van der Waals surface area contributed by atoms with Gasteiger partial charge in [-0.25, -0.2) is 0 Å². The Morgan fingerprint density at radius 3 is 1.12 bits per heavy atom. The van der Waals surface area contributed by atoms with Crippen LogP contribution in [0.25, 0.3) is 0 Å². The van der Waals surface area contributed by atoms with Gasteiger partial charge in [0, 0.05) is 0 Å². The Morgan fingerprint density at radius 1 is 0.875 bits per heavy atom. The second-order valence-corrected chi connectivity index (χ2v) is 8.42. The fraction of sp³-hybridized carbons (Fsp3) is 1.00. The molecule has 0 radical (unpaired) electrons. The Bertz CT molecular complexity index is 30.0. The van der Waals surface area contributed by atoms with Crippen molar-refractivity contribution in [2.45, 2.75) is 36.4 Å². The SMILES string of the molecule is CC[As](CC)CC.Cl. The number of hydrogen-bond donors (Lipinski definition) is 0. The first-order valence-electron chi connectivity index (χ1n) is 3.07. The standard InChI is InChI=1S/C6H15As.ClH/c1-4-7(5-2)6-3;/h4-6H2,1-3H3;1H. The van der Waals surface area contributed by atoms with E-state index >= 15 is 0 Å². The molecule has 0 aromatic rings. The van der Waals surface area contributed by atoms with E-state index in [9.17, 15) is 0 Å². The van der Waals surface area contributed by atoms with E-state index in [1.54, 1.807) is 0 Å². The monoisotopic (exact) mass is 198 g/mol. The van der Waals surface area contributed by atoms with Crippen molar-refractivity contribution >= 4 is 27.1 Å². The molecule has 2 heteroatoms. The summed E-state index contributed by atoms with van der Waals surface area (Å²) in [6.45, 7) is 6.98. The Morgan fingerprint density at radius 2 is 1.12 bits per heavy atom. The number of hydrogen-bond acceptors (Lipinski definition) is 0. The Kier molecular flexibility index (Phi) is 11.4. The Hall–Kier alpha value is 0.848. The summed E-state index contributed by atoms with van der Waals surface area (Å²) in [6.07, 6.45) is 0. The summed E-state index contributed by atoms with van der Waals surface area (Å²) in [6, 6.07) is 0. The fourth-order valence-corrected chi connectivity index (χ4v) is 3.49. The summed E-state index contributed by atoms with van der Waals surface area (Å²) in [5.41, 5.74) is 0. The predicted octanol–water partition coefficient (Wildman–Crippen LogP) is 2.96. The van der Waals surface area contributed by atoms with Crippen molar-refractivity contribution in [1.82, 2.24) is 0 Å². The van der Waals surface area contributed by atoms with Crippen LogP contribution in [0.3, 0.4) is 0 Å². The van der Waals surface area contributed by atoms with Crippen LogP contribution in [-0.4, -0.2) is 14.7 Å². The summed E-state index contributed by atoms with van der Waals surface area (Å²) in [5, 5.41) is 4.50. The number of halogens is 1. The average molecular weight is 199 g/mol. The first kappa shape index (κ1) is 11.6. The van der Waals surface area contributed by atoms with E-state index < -0.39 is 0 Å². The molecule has 0 aromatic carbocycles. The van der Waals surface area contributed by atoms with E-state index in [1.165, 1.54) is 15.6 Å². The van der Waals surface area contributed by atoms with Gasteiger partial charge in [-0.2, -0.15) is 0 Å². The molecule has 0 N–H and O–H groups in total. The van der Waals surface area contributed by atoms with Crippen LogP contribution in [0.1, 0.15) is 20.8 Å². The van der Waals surface area contributed by atoms with Crippen LogP contribution in [-0.2, 0) is 0 Å². The van der Waals surface area contributed by atoms with Gasteiger partial charge < -0.3 is 0 Å². The van der Waals surface area contributed by atoms with Crippen molar-refractivity contribution in [3.05, 3.63) is 0 Å². The molecule has 0 saturated heterocycles. The van der Waals surface area contributed by atoms with Crippen molar-refractivity contribution in [3.63, 3.8) is 0 Å². The first-order valence-corrected chi connectivity index (χ1v) is 7.05. The van der Waals surface area contributed by atoms with Crippen LogP contribution >= 0.6 is 12.4 Å². The van der Waals surface area contributed by atoms with Crippen LogP contribution in [0.5, 0.6) is 0 Å². The van der Waals surface area contributed by atoms with Gasteiger partial charge in [0.2, 0.25) is 0 Å². The molecule has 0 nitrogen and oxygen atoms in total. The second kappa shape index (κ2) is 7.85. The molecule has 0 aromatic heterocycles. The van der Waals surface area contributed by atoms with Gasteiger partial charge in [0.25, 0.3) is 0 Å². The van der Waals surface area contributed by atoms with Crippen molar-refractivity contribution < 1.29 is 0 Å². The largest absolute Gasteiger partial charge is 0.147 e. The van der Waals surface area contributed by atoms with E-state index in [0.717, 1.165) is 0 Å². The molecule has 0 spiro atoms. The first-order chi connectivity index (χ1) is 3.35. The minimum absolute atomic E-state index is 0. The quantitative estimate of drug-likeness (QED) is 0.612. The van der Waals surface area contributed by atoms with Gasteiger partial charge in [-0.15, -0.1) is 12.4 Å². The molecule has 0 amide bonds. The number of rotatable bonds is 3. The van der Waals surface area contributed by atoms with Crippen LogP contribution in [0.4, 0.5) is 0 Å². The van der Waals surface area contributed by atoms with Gasteiger partial charge >= 0.3 is 51.0 Å².